The normalized spacial score (nSPS) is 10.3. The van der Waals surface area contributed by atoms with Gasteiger partial charge in [-0.25, -0.2) is 0 Å². The van der Waals surface area contributed by atoms with Gasteiger partial charge in [-0.05, 0) is 38.7 Å². The minimum absolute atomic E-state index is 0.648. The summed E-state index contributed by atoms with van der Waals surface area (Å²) in [6, 6.07) is 18.2. The Morgan fingerprint density at radius 2 is 1.95 bits per heavy atom. The Kier molecular flexibility index (Phi) is 3.85. The second kappa shape index (κ2) is 5.94. The lowest BCUT2D eigenvalue weighted by molar-refractivity contribution is 0.686. The van der Waals surface area contributed by atoms with E-state index in [-0.39, 0.29) is 0 Å². The summed E-state index contributed by atoms with van der Waals surface area (Å²) < 4.78 is 2.78. The zero-order chi connectivity index (χ0) is 14.7. The highest BCUT2D eigenvalue weighted by Crippen LogP contribution is 2.24. The molecule has 1 heterocycles. The first-order valence-corrected chi connectivity index (χ1v) is 7.32. The van der Waals surface area contributed by atoms with E-state index in [9.17, 15) is 5.26 Å². The molecule has 1 aromatic heterocycles. The first kappa shape index (κ1) is 13.6. The van der Waals surface area contributed by atoms with Crippen LogP contribution in [0.15, 0.2) is 65.4 Å². The molecule has 0 spiro atoms. The van der Waals surface area contributed by atoms with Crippen molar-refractivity contribution in [3.05, 3.63) is 76.5 Å². The first-order chi connectivity index (χ1) is 10.3. The highest BCUT2D eigenvalue weighted by molar-refractivity contribution is 9.10. The monoisotopic (exact) mass is 337 g/mol. The van der Waals surface area contributed by atoms with Crippen molar-refractivity contribution in [1.29, 1.82) is 5.26 Å². The maximum absolute atomic E-state index is 9.39. The molecule has 0 aliphatic rings. The number of halogens is 1. The van der Waals surface area contributed by atoms with Crippen LogP contribution in [0.3, 0.4) is 0 Å². The molecule has 0 amide bonds. The molecule has 0 fully saturated rings. The lowest BCUT2D eigenvalue weighted by Crippen LogP contribution is -2.00. The van der Waals surface area contributed by atoms with Crippen molar-refractivity contribution in [2.75, 3.05) is 0 Å². The van der Waals surface area contributed by atoms with Crippen LogP contribution >= 0.6 is 15.9 Å². The molecule has 4 heteroatoms. The van der Waals surface area contributed by atoms with E-state index in [2.05, 4.69) is 27.1 Å². The molecule has 3 aromatic rings. The van der Waals surface area contributed by atoms with Crippen molar-refractivity contribution < 1.29 is 0 Å². The summed E-state index contributed by atoms with van der Waals surface area (Å²) in [5, 5.41) is 13.6. The van der Waals surface area contributed by atoms with Gasteiger partial charge >= 0.3 is 0 Å². The van der Waals surface area contributed by atoms with E-state index in [1.54, 1.807) is 6.20 Å². The summed E-state index contributed by atoms with van der Waals surface area (Å²) in [6.07, 6.45) is 3.67. The number of rotatable bonds is 3. The summed E-state index contributed by atoms with van der Waals surface area (Å²) in [4.78, 5) is 0. The van der Waals surface area contributed by atoms with Gasteiger partial charge < -0.3 is 0 Å². The Labute approximate surface area is 131 Å². The molecule has 0 aliphatic heterocycles. The maximum atomic E-state index is 9.39. The second-order valence-corrected chi connectivity index (χ2v) is 5.63. The van der Waals surface area contributed by atoms with Crippen LogP contribution < -0.4 is 0 Å². The summed E-state index contributed by atoms with van der Waals surface area (Å²) in [5.74, 6) is 0. The smallest absolute Gasteiger partial charge is 0.0998 e. The van der Waals surface area contributed by atoms with E-state index in [0.29, 0.717) is 12.1 Å². The van der Waals surface area contributed by atoms with Gasteiger partial charge in [0.05, 0.1) is 28.8 Å². The van der Waals surface area contributed by atoms with E-state index in [1.807, 2.05) is 59.4 Å². The SMILES string of the molecule is N#Cc1cc(Cn2cc(Br)cn2)ccc1-c1ccccc1. The number of nitrogens with zero attached hydrogens (tertiary/aromatic N) is 3. The maximum Gasteiger partial charge on any atom is 0.0998 e. The molecular weight excluding hydrogens is 326 g/mol. The molecule has 0 N–H and O–H groups in total. The zero-order valence-corrected chi connectivity index (χ0v) is 12.8. The largest absolute Gasteiger partial charge is 0.267 e. The van der Waals surface area contributed by atoms with Gasteiger partial charge in [0.25, 0.3) is 0 Å². The predicted octanol–water partition coefficient (Wildman–Crippen LogP) is 4.23. The van der Waals surface area contributed by atoms with Crippen molar-refractivity contribution in [3.8, 4) is 17.2 Å². The van der Waals surface area contributed by atoms with Crippen LogP contribution in [0.5, 0.6) is 0 Å². The Morgan fingerprint density at radius 1 is 1.14 bits per heavy atom. The van der Waals surface area contributed by atoms with Crippen LogP contribution in [0.1, 0.15) is 11.1 Å². The summed E-state index contributed by atoms with van der Waals surface area (Å²) in [7, 11) is 0. The topological polar surface area (TPSA) is 41.6 Å². The molecule has 102 valence electrons. The average Bonchev–Trinajstić information content (AvgIpc) is 2.93. The molecule has 3 nitrogen and oxygen atoms in total. The zero-order valence-electron chi connectivity index (χ0n) is 11.2. The minimum Gasteiger partial charge on any atom is -0.267 e. The quantitative estimate of drug-likeness (QED) is 0.717. The number of hydrogen-bond donors (Lipinski definition) is 0. The fourth-order valence-corrected chi connectivity index (χ4v) is 2.59. The van der Waals surface area contributed by atoms with E-state index in [4.69, 9.17) is 0 Å². The van der Waals surface area contributed by atoms with Crippen LogP contribution in [0.2, 0.25) is 0 Å². The van der Waals surface area contributed by atoms with Gasteiger partial charge in [-0.2, -0.15) is 10.4 Å². The third kappa shape index (κ3) is 3.04. The van der Waals surface area contributed by atoms with Gasteiger partial charge in [-0.1, -0.05) is 42.5 Å². The van der Waals surface area contributed by atoms with Gasteiger partial charge in [-0.3, -0.25) is 4.68 Å². The molecule has 0 atom stereocenters. The van der Waals surface area contributed by atoms with Crippen molar-refractivity contribution >= 4 is 15.9 Å². The highest BCUT2D eigenvalue weighted by Gasteiger charge is 2.06. The molecule has 0 aliphatic carbocycles. The van der Waals surface area contributed by atoms with Crippen molar-refractivity contribution in [2.45, 2.75) is 6.54 Å². The van der Waals surface area contributed by atoms with Crippen LogP contribution in [0.4, 0.5) is 0 Å². The molecule has 2 aromatic carbocycles. The van der Waals surface area contributed by atoms with E-state index < -0.39 is 0 Å². The highest BCUT2D eigenvalue weighted by atomic mass is 79.9. The van der Waals surface area contributed by atoms with Gasteiger partial charge in [-0.15, -0.1) is 0 Å². The number of benzene rings is 2. The van der Waals surface area contributed by atoms with Crippen molar-refractivity contribution in [1.82, 2.24) is 9.78 Å². The molecule has 21 heavy (non-hydrogen) atoms. The molecule has 0 radical (unpaired) electrons. The standard InChI is InChI=1S/C17H12BrN3/c18-16-10-20-21(12-16)11-13-6-7-17(15(8-13)9-19)14-4-2-1-3-5-14/h1-8,10,12H,11H2. The van der Waals surface area contributed by atoms with Gasteiger partial charge in [0.1, 0.15) is 0 Å². The molecule has 0 saturated carbocycles. The summed E-state index contributed by atoms with van der Waals surface area (Å²) >= 11 is 3.38. The van der Waals surface area contributed by atoms with Gasteiger partial charge in [0.2, 0.25) is 0 Å². The third-order valence-electron chi connectivity index (χ3n) is 3.24. The lowest BCUT2D eigenvalue weighted by atomic mass is 9.98. The average molecular weight is 338 g/mol. The molecular formula is C17H12BrN3. The van der Waals surface area contributed by atoms with Crippen LogP contribution in [0, 0.1) is 11.3 Å². The van der Waals surface area contributed by atoms with E-state index in [1.165, 1.54) is 0 Å². The Balaban J connectivity index is 1.94. The van der Waals surface area contributed by atoms with E-state index >= 15 is 0 Å². The van der Waals surface area contributed by atoms with E-state index in [0.717, 1.165) is 21.2 Å². The van der Waals surface area contributed by atoms with Gasteiger partial charge in [0, 0.05) is 6.20 Å². The van der Waals surface area contributed by atoms with Crippen molar-refractivity contribution in [2.24, 2.45) is 0 Å². The molecule has 0 unspecified atom stereocenters. The Hall–Kier alpha value is -2.38. The third-order valence-corrected chi connectivity index (χ3v) is 3.65. The number of nitriles is 1. The fourth-order valence-electron chi connectivity index (χ4n) is 2.26. The summed E-state index contributed by atoms with van der Waals surface area (Å²) in [6.45, 7) is 0.648. The van der Waals surface area contributed by atoms with Crippen LogP contribution in [-0.2, 0) is 6.54 Å². The first-order valence-electron chi connectivity index (χ1n) is 6.52. The lowest BCUT2D eigenvalue weighted by Gasteiger charge is -2.07. The Bertz CT molecular complexity index is 800. The Morgan fingerprint density at radius 3 is 2.62 bits per heavy atom. The number of aromatic nitrogens is 2. The van der Waals surface area contributed by atoms with Gasteiger partial charge in [0.15, 0.2) is 0 Å². The van der Waals surface area contributed by atoms with Crippen LogP contribution in [-0.4, -0.2) is 9.78 Å². The number of hydrogen-bond acceptors (Lipinski definition) is 2. The van der Waals surface area contributed by atoms with Crippen molar-refractivity contribution in [3.63, 3.8) is 0 Å². The second-order valence-electron chi connectivity index (χ2n) is 4.71. The summed E-state index contributed by atoms with van der Waals surface area (Å²) in [5.41, 5.74) is 3.76. The minimum atomic E-state index is 0.648. The molecule has 0 bridgehead atoms. The predicted molar refractivity (Wildman–Crippen MR) is 85.6 cm³/mol. The van der Waals surface area contributed by atoms with Crippen LogP contribution in [0.25, 0.3) is 11.1 Å². The fraction of sp³-hybridized carbons (Fsp3) is 0.0588. The molecule has 0 saturated heterocycles. The molecule has 3 rings (SSSR count).